The van der Waals surface area contributed by atoms with Gasteiger partial charge < -0.3 is 15.5 Å². The lowest BCUT2D eigenvalue weighted by molar-refractivity contribution is 0.0827. The lowest BCUT2D eigenvalue weighted by Gasteiger charge is -2.13. The maximum absolute atomic E-state index is 12.9. The van der Waals surface area contributed by atoms with Crippen molar-refractivity contribution in [1.82, 2.24) is 15.5 Å². The second kappa shape index (κ2) is 10.7. The van der Waals surface area contributed by atoms with Crippen molar-refractivity contribution in [3.05, 3.63) is 71.0 Å². The molecule has 2 N–H and O–H groups in total. The summed E-state index contributed by atoms with van der Waals surface area (Å²) in [7, 11) is 5.15. The van der Waals surface area contributed by atoms with E-state index in [1.165, 1.54) is 12.1 Å². The number of nitrogens with zero attached hydrogens (tertiary/aromatic N) is 2. The zero-order valence-electron chi connectivity index (χ0n) is 15.1. The predicted octanol–water partition coefficient (Wildman–Crippen LogP) is 3.01. The van der Waals surface area contributed by atoms with Crippen LogP contribution < -0.4 is 10.6 Å². The Morgan fingerprint density at radius 2 is 1.42 bits per heavy atom. The van der Waals surface area contributed by atoms with Crippen molar-refractivity contribution in [2.24, 2.45) is 4.99 Å². The number of halogens is 2. The molecule has 0 spiro atoms. The van der Waals surface area contributed by atoms with E-state index in [4.69, 9.17) is 0 Å². The molecule has 0 aliphatic heterocycles. The van der Waals surface area contributed by atoms with Gasteiger partial charge >= 0.3 is 0 Å². The smallest absolute Gasteiger partial charge is 0.253 e. The van der Waals surface area contributed by atoms with Gasteiger partial charge in [-0.25, -0.2) is 4.39 Å². The highest BCUT2D eigenvalue weighted by molar-refractivity contribution is 14.0. The first-order chi connectivity index (χ1) is 12.0. The van der Waals surface area contributed by atoms with Gasteiger partial charge in [-0.05, 0) is 35.4 Å². The van der Waals surface area contributed by atoms with Crippen molar-refractivity contribution in [1.29, 1.82) is 0 Å². The highest BCUT2D eigenvalue weighted by atomic mass is 127. The van der Waals surface area contributed by atoms with E-state index in [-0.39, 0.29) is 35.7 Å². The SMILES string of the molecule is CN=C(NCc1ccc(F)cc1)NCc1ccc(C(=O)N(C)C)cc1.I. The standard InChI is InChI=1S/C19H23FN4O.HI/c1-21-19(23-13-15-6-10-17(20)11-7-15)22-12-14-4-8-16(9-5-14)18(25)24(2)3;/h4-11H,12-13H2,1-3H3,(H2,21,22,23);1H. The summed E-state index contributed by atoms with van der Waals surface area (Å²) in [6, 6.07) is 13.8. The van der Waals surface area contributed by atoms with Gasteiger partial charge in [-0.15, -0.1) is 24.0 Å². The number of carbonyl (C=O) groups is 1. The minimum atomic E-state index is -0.248. The van der Waals surface area contributed by atoms with Gasteiger partial charge in [0.25, 0.3) is 5.91 Å². The first kappa shape index (κ1) is 21.9. The van der Waals surface area contributed by atoms with Gasteiger partial charge in [0.05, 0.1) is 0 Å². The summed E-state index contributed by atoms with van der Waals surface area (Å²) in [4.78, 5) is 17.6. The van der Waals surface area contributed by atoms with Gasteiger partial charge in [0, 0.05) is 39.8 Å². The van der Waals surface area contributed by atoms with Crippen LogP contribution in [0.2, 0.25) is 0 Å². The van der Waals surface area contributed by atoms with Gasteiger partial charge in [0.1, 0.15) is 5.82 Å². The van der Waals surface area contributed by atoms with Crippen molar-refractivity contribution >= 4 is 35.8 Å². The third-order valence-corrected chi connectivity index (χ3v) is 3.66. The average molecular weight is 470 g/mol. The van der Waals surface area contributed by atoms with Crippen LogP contribution in [-0.4, -0.2) is 37.9 Å². The van der Waals surface area contributed by atoms with Crippen LogP contribution in [0.15, 0.2) is 53.5 Å². The minimum Gasteiger partial charge on any atom is -0.352 e. The normalized spacial score (nSPS) is 10.7. The Bertz CT molecular complexity index is 730. The summed E-state index contributed by atoms with van der Waals surface area (Å²) in [5, 5.41) is 6.38. The monoisotopic (exact) mass is 470 g/mol. The molecule has 0 saturated heterocycles. The molecule has 2 aromatic rings. The van der Waals surface area contributed by atoms with Crippen LogP contribution in [-0.2, 0) is 13.1 Å². The first-order valence-corrected chi connectivity index (χ1v) is 7.99. The quantitative estimate of drug-likeness (QED) is 0.402. The molecule has 0 aliphatic carbocycles. The molecule has 0 saturated carbocycles. The molecule has 0 atom stereocenters. The predicted molar refractivity (Wildman–Crippen MR) is 113 cm³/mol. The zero-order valence-corrected chi connectivity index (χ0v) is 17.5. The van der Waals surface area contributed by atoms with Crippen LogP contribution in [0.3, 0.4) is 0 Å². The van der Waals surface area contributed by atoms with E-state index in [0.29, 0.717) is 24.6 Å². The van der Waals surface area contributed by atoms with Crippen molar-refractivity contribution in [2.45, 2.75) is 13.1 Å². The van der Waals surface area contributed by atoms with E-state index in [1.54, 1.807) is 38.2 Å². The summed E-state index contributed by atoms with van der Waals surface area (Å²) >= 11 is 0. The molecule has 0 heterocycles. The molecule has 140 valence electrons. The molecule has 0 radical (unpaired) electrons. The van der Waals surface area contributed by atoms with E-state index in [2.05, 4.69) is 15.6 Å². The van der Waals surface area contributed by atoms with Crippen LogP contribution in [0.4, 0.5) is 4.39 Å². The lowest BCUT2D eigenvalue weighted by Crippen LogP contribution is -2.36. The highest BCUT2D eigenvalue weighted by Crippen LogP contribution is 2.06. The Labute approximate surface area is 170 Å². The first-order valence-electron chi connectivity index (χ1n) is 7.99. The molecule has 0 unspecified atom stereocenters. The van der Waals surface area contributed by atoms with Gasteiger partial charge in [-0.2, -0.15) is 0 Å². The van der Waals surface area contributed by atoms with E-state index >= 15 is 0 Å². The largest absolute Gasteiger partial charge is 0.352 e. The number of carbonyl (C=O) groups excluding carboxylic acids is 1. The molecular formula is C19H24FIN4O. The number of benzene rings is 2. The summed E-state index contributed by atoms with van der Waals surface area (Å²) in [5.74, 6) is 0.386. The molecule has 0 aromatic heterocycles. The number of amides is 1. The molecule has 1 amide bonds. The van der Waals surface area contributed by atoms with E-state index in [9.17, 15) is 9.18 Å². The Morgan fingerprint density at radius 1 is 0.962 bits per heavy atom. The maximum atomic E-state index is 12.9. The van der Waals surface area contributed by atoms with E-state index in [0.717, 1.165) is 11.1 Å². The summed E-state index contributed by atoms with van der Waals surface area (Å²) in [6.07, 6.45) is 0. The van der Waals surface area contributed by atoms with Crippen LogP contribution in [0.1, 0.15) is 21.5 Å². The minimum absolute atomic E-state index is 0. The second-order valence-corrected chi connectivity index (χ2v) is 5.80. The number of hydrogen-bond acceptors (Lipinski definition) is 2. The van der Waals surface area contributed by atoms with Gasteiger partial charge in [-0.3, -0.25) is 9.79 Å². The molecule has 5 nitrogen and oxygen atoms in total. The van der Waals surface area contributed by atoms with E-state index < -0.39 is 0 Å². The highest BCUT2D eigenvalue weighted by Gasteiger charge is 2.07. The Morgan fingerprint density at radius 3 is 1.85 bits per heavy atom. The molecule has 7 heteroatoms. The molecule has 0 fully saturated rings. The number of aliphatic imine (C=N–C) groups is 1. The molecule has 0 aliphatic rings. The number of guanidine groups is 1. The maximum Gasteiger partial charge on any atom is 0.253 e. The van der Waals surface area contributed by atoms with Crippen molar-refractivity contribution in [3.63, 3.8) is 0 Å². The Kier molecular flexibility index (Phi) is 9.04. The number of rotatable bonds is 5. The summed E-state index contributed by atoms with van der Waals surface area (Å²) in [6.45, 7) is 1.13. The summed E-state index contributed by atoms with van der Waals surface area (Å²) in [5.41, 5.74) is 2.67. The second-order valence-electron chi connectivity index (χ2n) is 5.80. The van der Waals surface area contributed by atoms with Crippen molar-refractivity contribution < 1.29 is 9.18 Å². The fraction of sp³-hybridized carbons (Fsp3) is 0.263. The van der Waals surface area contributed by atoms with Crippen molar-refractivity contribution in [3.8, 4) is 0 Å². The average Bonchev–Trinajstić information content (AvgIpc) is 2.63. The molecule has 2 aromatic carbocycles. The van der Waals surface area contributed by atoms with E-state index in [1.807, 2.05) is 24.3 Å². The fourth-order valence-electron chi connectivity index (χ4n) is 2.22. The Hall–Kier alpha value is -2.16. The van der Waals surface area contributed by atoms with Gasteiger partial charge in [-0.1, -0.05) is 24.3 Å². The molecular weight excluding hydrogens is 446 g/mol. The molecule has 26 heavy (non-hydrogen) atoms. The van der Waals surface area contributed by atoms with Crippen LogP contribution >= 0.6 is 24.0 Å². The Balaban J connectivity index is 0.00000338. The fourth-order valence-corrected chi connectivity index (χ4v) is 2.22. The summed E-state index contributed by atoms with van der Waals surface area (Å²) < 4.78 is 12.9. The third kappa shape index (κ3) is 6.62. The van der Waals surface area contributed by atoms with Gasteiger partial charge in [0.15, 0.2) is 5.96 Å². The topological polar surface area (TPSA) is 56.7 Å². The van der Waals surface area contributed by atoms with Crippen LogP contribution in [0.5, 0.6) is 0 Å². The van der Waals surface area contributed by atoms with Gasteiger partial charge in [0.2, 0.25) is 0 Å². The number of nitrogens with one attached hydrogen (secondary N) is 2. The van der Waals surface area contributed by atoms with Crippen LogP contribution in [0, 0.1) is 5.82 Å². The zero-order chi connectivity index (χ0) is 18.2. The van der Waals surface area contributed by atoms with Crippen molar-refractivity contribution in [2.75, 3.05) is 21.1 Å². The van der Waals surface area contributed by atoms with Crippen LogP contribution in [0.25, 0.3) is 0 Å². The number of hydrogen-bond donors (Lipinski definition) is 2. The molecule has 0 bridgehead atoms. The molecule has 2 rings (SSSR count). The lowest BCUT2D eigenvalue weighted by atomic mass is 10.1. The third-order valence-electron chi connectivity index (χ3n) is 3.66.